The minimum absolute atomic E-state index is 0.295. The fourth-order valence-corrected chi connectivity index (χ4v) is 3.51. The summed E-state index contributed by atoms with van der Waals surface area (Å²) in [6.45, 7) is 3.23. The number of carbonyl (C=O) groups excluding carboxylic acids is 1. The van der Waals surface area contributed by atoms with E-state index in [0.717, 1.165) is 41.7 Å². The summed E-state index contributed by atoms with van der Waals surface area (Å²) in [4.78, 5) is 23.7. The lowest BCUT2D eigenvalue weighted by Gasteiger charge is -2.30. The first-order valence-electron chi connectivity index (χ1n) is 9.63. The van der Waals surface area contributed by atoms with Crippen molar-refractivity contribution in [1.82, 2.24) is 25.1 Å². The van der Waals surface area contributed by atoms with E-state index in [2.05, 4.69) is 36.4 Å². The van der Waals surface area contributed by atoms with E-state index in [-0.39, 0.29) is 5.91 Å². The number of likely N-dealkylation sites (tertiary alicyclic amines) is 1. The molecule has 29 heavy (non-hydrogen) atoms. The highest BCUT2D eigenvalue weighted by atomic mass is 16.2. The van der Waals surface area contributed by atoms with Gasteiger partial charge in [0, 0.05) is 36.1 Å². The van der Waals surface area contributed by atoms with Gasteiger partial charge in [-0.2, -0.15) is 5.10 Å². The minimum Gasteiger partial charge on any atom is -0.305 e. The molecule has 0 unspecified atom stereocenters. The van der Waals surface area contributed by atoms with Gasteiger partial charge >= 0.3 is 0 Å². The number of fused-ring (bicyclic) bond motifs is 1. The molecule has 1 aliphatic heterocycles. The van der Waals surface area contributed by atoms with E-state index in [1.165, 1.54) is 12.0 Å². The number of benzene rings is 1. The van der Waals surface area contributed by atoms with Crippen LogP contribution in [0, 0.1) is 0 Å². The first-order chi connectivity index (χ1) is 14.3. The second kappa shape index (κ2) is 7.44. The highest BCUT2D eigenvalue weighted by molar-refractivity contribution is 6.11. The summed E-state index contributed by atoms with van der Waals surface area (Å²) in [6, 6.07) is 13.5. The number of aromatic nitrogens is 4. The van der Waals surface area contributed by atoms with Gasteiger partial charge in [0.25, 0.3) is 5.91 Å². The summed E-state index contributed by atoms with van der Waals surface area (Å²) in [6.07, 6.45) is 6.68. The highest BCUT2D eigenvalue weighted by Crippen LogP contribution is 2.26. The van der Waals surface area contributed by atoms with Crippen LogP contribution in [0.3, 0.4) is 0 Å². The molecule has 4 heterocycles. The Balaban J connectivity index is 1.45. The number of carbonyl (C=O) groups is 1. The molecule has 144 valence electrons. The predicted octanol–water partition coefficient (Wildman–Crippen LogP) is 3.48. The number of nitrogens with one attached hydrogen (secondary N) is 2. The van der Waals surface area contributed by atoms with Gasteiger partial charge in [-0.3, -0.25) is 19.8 Å². The number of H-pyrrole nitrogens is 1. The summed E-state index contributed by atoms with van der Waals surface area (Å²) in [5, 5.41) is 10.7. The zero-order valence-electron chi connectivity index (χ0n) is 15.8. The Hall–Kier alpha value is -3.58. The molecule has 0 aliphatic carbocycles. The summed E-state index contributed by atoms with van der Waals surface area (Å²) in [5.74, 6) is 0.199. The van der Waals surface area contributed by atoms with Crippen LogP contribution in [0.2, 0.25) is 0 Å². The zero-order chi connectivity index (χ0) is 19.6. The minimum atomic E-state index is -0.295. The molecular formula is C22H20N6O. The molecule has 1 saturated heterocycles. The Bertz CT molecular complexity index is 1170. The maximum Gasteiger partial charge on any atom is 0.277 e. The summed E-state index contributed by atoms with van der Waals surface area (Å²) in [7, 11) is 0. The fourth-order valence-electron chi connectivity index (χ4n) is 3.51. The Morgan fingerprint density at radius 3 is 2.83 bits per heavy atom. The zero-order valence-corrected chi connectivity index (χ0v) is 15.8. The van der Waals surface area contributed by atoms with Gasteiger partial charge in [0.15, 0.2) is 5.69 Å². The van der Waals surface area contributed by atoms with E-state index < -0.39 is 0 Å². The van der Waals surface area contributed by atoms with Crippen LogP contribution in [-0.2, 0) is 6.54 Å². The van der Waals surface area contributed by atoms with Crippen molar-refractivity contribution in [3.05, 3.63) is 72.3 Å². The summed E-state index contributed by atoms with van der Waals surface area (Å²) in [5.41, 5.74) is 4.38. The molecule has 0 atom stereocenters. The smallest absolute Gasteiger partial charge is 0.277 e. The average molecular weight is 384 g/mol. The second-order valence-electron chi connectivity index (χ2n) is 7.21. The fraction of sp³-hybridized carbons (Fsp3) is 0.182. The normalized spacial score (nSPS) is 13.9. The van der Waals surface area contributed by atoms with E-state index in [1.54, 1.807) is 18.3 Å². The first kappa shape index (κ1) is 17.5. The number of aromatic amines is 1. The van der Waals surface area contributed by atoms with Crippen LogP contribution in [0.4, 0.5) is 5.82 Å². The number of rotatable bonds is 5. The number of pyridine rings is 2. The van der Waals surface area contributed by atoms with Gasteiger partial charge in [-0.1, -0.05) is 12.1 Å². The number of amides is 1. The molecule has 1 amide bonds. The molecule has 0 spiro atoms. The van der Waals surface area contributed by atoms with Crippen molar-refractivity contribution in [2.45, 2.75) is 13.0 Å². The third kappa shape index (κ3) is 3.60. The molecule has 1 aliphatic rings. The van der Waals surface area contributed by atoms with Crippen molar-refractivity contribution < 1.29 is 4.79 Å². The molecular weight excluding hydrogens is 364 g/mol. The highest BCUT2D eigenvalue weighted by Gasteiger charge is 2.17. The van der Waals surface area contributed by atoms with Gasteiger partial charge in [0.2, 0.25) is 0 Å². The largest absolute Gasteiger partial charge is 0.305 e. The van der Waals surface area contributed by atoms with E-state index >= 15 is 0 Å². The quantitative estimate of drug-likeness (QED) is 0.550. The van der Waals surface area contributed by atoms with E-state index in [9.17, 15) is 4.79 Å². The average Bonchev–Trinajstić information content (AvgIpc) is 3.15. The maximum absolute atomic E-state index is 12.7. The topological polar surface area (TPSA) is 86.8 Å². The van der Waals surface area contributed by atoms with Crippen molar-refractivity contribution in [1.29, 1.82) is 0 Å². The summed E-state index contributed by atoms with van der Waals surface area (Å²) < 4.78 is 0. The van der Waals surface area contributed by atoms with Crippen LogP contribution in [-0.4, -0.2) is 44.1 Å². The molecule has 5 rings (SSSR count). The lowest BCUT2D eigenvalue weighted by molar-refractivity contribution is 0.102. The van der Waals surface area contributed by atoms with Crippen LogP contribution >= 0.6 is 0 Å². The van der Waals surface area contributed by atoms with E-state index in [0.29, 0.717) is 11.5 Å². The number of nitrogens with zero attached hydrogens (tertiary/aromatic N) is 4. The van der Waals surface area contributed by atoms with Crippen molar-refractivity contribution >= 4 is 22.6 Å². The molecule has 0 bridgehead atoms. The van der Waals surface area contributed by atoms with Crippen molar-refractivity contribution in [3.8, 4) is 11.1 Å². The lowest BCUT2D eigenvalue weighted by Crippen LogP contribution is -2.36. The number of hydrogen-bond donors (Lipinski definition) is 2. The van der Waals surface area contributed by atoms with Crippen LogP contribution in [0.15, 0.2) is 61.1 Å². The molecule has 0 saturated carbocycles. The number of anilines is 1. The Kier molecular flexibility index (Phi) is 4.50. The van der Waals surface area contributed by atoms with Crippen molar-refractivity contribution in [2.24, 2.45) is 0 Å². The predicted molar refractivity (Wildman–Crippen MR) is 111 cm³/mol. The molecule has 4 aromatic rings. The standard InChI is InChI=1S/C22H20N6O/c29-22(25-20-4-1-2-7-24-20)21-18-11-16(5-6-19(18)26-27-21)17-10-15(12-23-13-17)14-28-8-3-9-28/h1-2,4-7,10-13H,3,8-9,14H2,(H,26,27)(H,24,25,29). The molecule has 0 radical (unpaired) electrons. The third-order valence-electron chi connectivity index (χ3n) is 5.17. The van der Waals surface area contributed by atoms with Crippen molar-refractivity contribution in [2.75, 3.05) is 18.4 Å². The molecule has 1 fully saturated rings. The van der Waals surface area contributed by atoms with Gasteiger partial charge in [-0.05, 0) is 61.0 Å². The van der Waals surface area contributed by atoms with Crippen LogP contribution in [0.1, 0.15) is 22.5 Å². The molecule has 3 aromatic heterocycles. The van der Waals surface area contributed by atoms with E-state index in [1.807, 2.05) is 36.7 Å². The second-order valence-corrected chi connectivity index (χ2v) is 7.21. The SMILES string of the molecule is O=C(Nc1ccccn1)c1n[nH]c2ccc(-c3cncc(CN4CCC4)c3)cc12. The molecule has 7 nitrogen and oxygen atoms in total. The van der Waals surface area contributed by atoms with Crippen LogP contribution in [0.25, 0.3) is 22.0 Å². The Morgan fingerprint density at radius 2 is 2.03 bits per heavy atom. The molecule has 1 aromatic carbocycles. The van der Waals surface area contributed by atoms with Gasteiger partial charge in [-0.25, -0.2) is 4.98 Å². The van der Waals surface area contributed by atoms with Gasteiger partial charge < -0.3 is 5.32 Å². The molecule has 7 heteroatoms. The maximum atomic E-state index is 12.7. The molecule has 2 N–H and O–H groups in total. The summed E-state index contributed by atoms with van der Waals surface area (Å²) >= 11 is 0. The monoisotopic (exact) mass is 384 g/mol. The van der Waals surface area contributed by atoms with Crippen LogP contribution in [0.5, 0.6) is 0 Å². The Labute approximate surface area is 167 Å². The van der Waals surface area contributed by atoms with Gasteiger partial charge in [0.05, 0.1) is 5.52 Å². The van der Waals surface area contributed by atoms with Gasteiger partial charge in [-0.15, -0.1) is 0 Å². The van der Waals surface area contributed by atoms with Gasteiger partial charge in [0.1, 0.15) is 5.82 Å². The number of hydrogen-bond acceptors (Lipinski definition) is 5. The third-order valence-corrected chi connectivity index (χ3v) is 5.17. The first-order valence-corrected chi connectivity index (χ1v) is 9.63. The van der Waals surface area contributed by atoms with Crippen molar-refractivity contribution in [3.63, 3.8) is 0 Å². The Morgan fingerprint density at radius 1 is 1.10 bits per heavy atom. The van der Waals surface area contributed by atoms with E-state index in [4.69, 9.17) is 0 Å². The van der Waals surface area contributed by atoms with Crippen LogP contribution < -0.4 is 5.32 Å². The lowest BCUT2D eigenvalue weighted by atomic mass is 10.0.